The van der Waals surface area contributed by atoms with Crippen LogP contribution >= 0.6 is 23.2 Å². The smallest absolute Gasteiger partial charge is 0.129 e. The Morgan fingerprint density at radius 2 is 2.13 bits per heavy atom. The SMILES string of the molecule is Fc1cc(Cl)ccc1CNC1(CCl)CC1. The molecule has 0 aromatic heterocycles. The summed E-state index contributed by atoms with van der Waals surface area (Å²) in [7, 11) is 0. The molecule has 1 N–H and O–H groups in total. The molecule has 1 aromatic rings. The average Bonchev–Trinajstić information content (AvgIpc) is 2.97. The normalized spacial score (nSPS) is 17.8. The van der Waals surface area contributed by atoms with Gasteiger partial charge in [-0.2, -0.15) is 0 Å². The van der Waals surface area contributed by atoms with Crippen LogP contribution in [-0.4, -0.2) is 11.4 Å². The Hall–Kier alpha value is -0.310. The lowest BCUT2D eigenvalue weighted by Gasteiger charge is -2.14. The molecule has 15 heavy (non-hydrogen) atoms. The van der Waals surface area contributed by atoms with Crippen LogP contribution in [0, 0.1) is 5.82 Å². The minimum Gasteiger partial charge on any atom is -0.306 e. The predicted molar refractivity (Wildman–Crippen MR) is 60.9 cm³/mol. The van der Waals surface area contributed by atoms with Gasteiger partial charge in [0.05, 0.1) is 0 Å². The third-order valence-electron chi connectivity index (χ3n) is 2.78. The van der Waals surface area contributed by atoms with E-state index in [-0.39, 0.29) is 11.4 Å². The molecule has 0 spiro atoms. The van der Waals surface area contributed by atoms with Gasteiger partial charge in [-0.15, -0.1) is 11.6 Å². The van der Waals surface area contributed by atoms with Gasteiger partial charge < -0.3 is 5.32 Å². The molecule has 0 amide bonds. The Morgan fingerprint density at radius 1 is 1.40 bits per heavy atom. The van der Waals surface area contributed by atoms with E-state index in [4.69, 9.17) is 23.2 Å². The lowest BCUT2D eigenvalue weighted by Crippen LogP contribution is -2.32. The molecule has 0 heterocycles. The first-order valence-corrected chi connectivity index (χ1v) is 5.81. The lowest BCUT2D eigenvalue weighted by atomic mass is 10.2. The summed E-state index contributed by atoms with van der Waals surface area (Å²) in [5.74, 6) is 0.322. The van der Waals surface area contributed by atoms with Crippen LogP contribution in [0.15, 0.2) is 18.2 Å². The summed E-state index contributed by atoms with van der Waals surface area (Å²) in [5, 5.41) is 3.71. The van der Waals surface area contributed by atoms with E-state index in [0.29, 0.717) is 23.0 Å². The zero-order valence-corrected chi connectivity index (χ0v) is 9.71. The van der Waals surface area contributed by atoms with E-state index in [1.165, 1.54) is 6.07 Å². The number of rotatable bonds is 4. The van der Waals surface area contributed by atoms with E-state index in [2.05, 4.69) is 5.32 Å². The molecule has 0 saturated heterocycles. The monoisotopic (exact) mass is 247 g/mol. The Labute approximate surface area is 98.6 Å². The zero-order valence-electron chi connectivity index (χ0n) is 8.19. The molecule has 2 rings (SSSR count). The maximum absolute atomic E-state index is 13.4. The molecule has 1 fully saturated rings. The fourth-order valence-electron chi connectivity index (χ4n) is 1.46. The van der Waals surface area contributed by atoms with Gasteiger partial charge in [0, 0.05) is 28.5 Å². The fourth-order valence-corrected chi connectivity index (χ4v) is 1.98. The number of nitrogens with one attached hydrogen (secondary N) is 1. The van der Waals surface area contributed by atoms with Gasteiger partial charge in [-0.05, 0) is 25.0 Å². The summed E-state index contributed by atoms with van der Waals surface area (Å²) in [5.41, 5.74) is 0.684. The molecule has 1 aliphatic rings. The van der Waals surface area contributed by atoms with Crippen molar-refractivity contribution in [3.8, 4) is 0 Å². The second-order valence-electron chi connectivity index (χ2n) is 4.00. The second kappa shape index (κ2) is 4.28. The van der Waals surface area contributed by atoms with Crippen LogP contribution in [0.5, 0.6) is 0 Å². The van der Waals surface area contributed by atoms with Crippen molar-refractivity contribution in [2.75, 3.05) is 5.88 Å². The van der Waals surface area contributed by atoms with Crippen molar-refractivity contribution in [2.24, 2.45) is 0 Å². The number of halogens is 3. The summed E-state index contributed by atoms with van der Waals surface area (Å²) in [6.07, 6.45) is 2.15. The summed E-state index contributed by atoms with van der Waals surface area (Å²) in [6, 6.07) is 4.73. The first-order chi connectivity index (χ1) is 7.15. The van der Waals surface area contributed by atoms with Gasteiger partial charge in [0.25, 0.3) is 0 Å². The molecular formula is C11H12Cl2FN. The third kappa shape index (κ3) is 2.63. The van der Waals surface area contributed by atoms with Crippen molar-refractivity contribution < 1.29 is 4.39 Å². The van der Waals surface area contributed by atoms with Crippen LogP contribution in [0.25, 0.3) is 0 Å². The molecule has 1 aromatic carbocycles. The Bertz CT molecular complexity index is 364. The highest BCUT2D eigenvalue weighted by molar-refractivity contribution is 6.30. The summed E-state index contributed by atoms with van der Waals surface area (Å²) >= 11 is 11.5. The van der Waals surface area contributed by atoms with E-state index in [1.54, 1.807) is 12.1 Å². The molecule has 0 radical (unpaired) electrons. The van der Waals surface area contributed by atoms with Gasteiger partial charge in [0.15, 0.2) is 0 Å². The second-order valence-corrected chi connectivity index (χ2v) is 4.71. The van der Waals surface area contributed by atoms with E-state index >= 15 is 0 Å². The van der Waals surface area contributed by atoms with Crippen molar-refractivity contribution in [3.05, 3.63) is 34.6 Å². The van der Waals surface area contributed by atoms with E-state index in [1.807, 2.05) is 0 Å². The topological polar surface area (TPSA) is 12.0 Å². The van der Waals surface area contributed by atoms with E-state index in [9.17, 15) is 4.39 Å². The van der Waals surface area contributed by atoms with Crippen LogP contribution in [0.4, 0.5) is 4.39 Å². The highest BCUT2D eigenvalue weighted by Gasteiger charge is 2.41. The van der Waals surface area contributed by atoms with Crippen molar-refractivity contribution in [1.82, 2.24) is 5.32 Å². The molecule has 1 aliphatic carbocycles. The van der Waals surface area contributed by atoms with Gasteiger partial charge in [-0.3, -0.25) is 0 Å². The lowest BCUT2D eigenvalue weighted by molar-refractivity contribution is 0.522. The van der Waals surface area contributed by atoms with Crippen LogP contribution in [0.1, 0.15) is 18.4 Å². The van der Waals surface area contributed by atoms with Gasteiger partial charge in [-0.1, -0.05) is 17.7 Å². The summed E-state index contributed by atoms with van der Waals surface area (Å²) in [6.45, 7) is 0.510. The maximum Gasteiger partial charge on any atom is 0.129 e. The highest BCUT2D eigenvalue weighted by atomic mass is 35.5. The maximum atomic E-state index is 13.4. The number of hydrogen-bond acceptors (Lipinski definition) is 1. The van der Waals surface area contributed by atoms with Gasteiger partial charge in [0.1, 0.15) is 5.82 Å². The largest absolute Gasteiger partial charge is 0.306 e. The van der Waals surface area contributed by atoms with Gasteiger partial charge in [-0.25, -0.2) is 4.39 Å². The molecule has 4 heteroatoms. The predicted octanol–water partition coefficient (Wildman–Crippen LogP) is 3.34. The van der Waals surface area contributed by atoms with Crippen LogP contribution in [-0.2, 0) is 6.54 Å². The Morgan fingerprint density at radius 3 is 2.67 bits per heavy atom. The minimum absolute atomic E-state index is 0.0492. The molecule has 0 aliphatic heterocycles. The van der Waals surface area contributed by atoms with E-state index < -0.39 is 0 Å². The van der Waals surface area contributed by atoms with Crippen molar-refractivity contribution in [1.29, 1.82) is 0 Å². The molecule has 82 valence electrons. The molecule has 0 atom stereocenters. The Kier molecular flexibility index (Phi) is 3.19. The molecule has 1 nitrogen and oxygen atoms in total. The van der Waals surface area contributed by atoms with Crippen LogP contribution in [0.2, 0.25) is 5.02 Å². The average molecular weight is 248 g/mol. The van der Waals surface area contributed by atoms with Crippen LogP contribution in [0.3, 0.4) is 0 Å². The summed E-state index contributed by atoms with van der Waals surface area (Å²) < 4.78 is 13.4. The quantitative estimate of drug-likeness (QED) is 0.806. The molecule has 1 saturated carbocycles. The molecule has 0 bridgehead atoms. The molecular weight excluding hydrogens is 236 g/mol. The summed E-state index contributed by atoms with van der Waals surface area (Å²) in [4.78, 5) is 0. The molecule has 0 unspecified atom stereocenters. The zero-order chi connectivity index (χ0) is 10.9. The van der Waals surface area contributed by atoms with Crippen molar-refractivity contribution in [2.45, 2.75) is 24.9 Å². The number of hydrogen-bond donors (Lipinski definition) is 1. The standard InChI is InChI=1S/C11H12Cl2FN/c12-7-11(3-4-11)15-6-8-1-2-9(13)5-10(8)14/h1-2,5,15H,3-4,6-7H2. The van der Waals surface area contributed by atoms with Crippen molar-refractivity contribution >= 4 is 23.2 Å². The van der Waals surface area contributed by atoms with Gasteiger partial charge in [0.2, 0.25) is 0 Å². The minimum atomic E-state index is -0.264. The Balaban J connectivity index is 1.99. The van der Waals surface area contributed by atoms with E-state index in [0.717, 1.165) is 12.8 Å². The highest BCUT2D eigenvalue weighted by Crippen LogP contribution is 2.36. The first kappa shape index (κ1) is 11.2. The first-order valence-electron chi connectivity index (χ1n) is 4.90. The van der Waals surface area contributed by atoms with Crippen LogP contribution < -0.4 is 5.32 Å². The number of alkyl halides is 1. The number of benzene rings is 1. The fraction of sp³-hybridized carbons (Fsp3) is 0.455. The van der Waals surface area contributed by atoms with Crippen molar-refractivity contribution in [3.63, 3.8) is 0 Å². The third-order valence-corrected chi connectivity index (χ3v) is 3.52. The van der Waals surface area contributed by atoms with Gasteiger partial charge >= 0.3 is 0 Å².